The topological polar surface area (TPSA) is 73.8 Å². The predicted molar refractivity (Wildman–Crippen MR) is 124 cm³/mol. The summed E-state index contributed by atoms with van der Waals surface area (Å²) in [5.74, 6) is 0.583. The van der Waals surface area contributed by atoms with Crippen molar-refractivity contribution in [3.63, 3.8) is 0 Å². The van der Waals surface area contributed by atoms with Gasteiger partial charge in [-0.05, 0) is 48.8 Å². The largest absolute Gasteiger partial charge is 0.356 e. The lowest BCUT2D eigenvalue weighted by Crippen LogP contribution is -2.44. The summed E-state index contributed by atoms with van der Waals surface area (Å²) in [6.07, 6.45) is 6.78. The first-order valence-electron chi connectivity index (χ1n) is 10.3. The van der Waals surface area contributed by atoms with Crippen LogP contribution in [0.1, 0.15) is 18.4 Å². The summed E-state index contributed by atoms with van der Waals surface area (Å²) in [6.45, 7) is 1.51. The highest BCUT2D eigenvalue weighted by molar-refractivity contribution is 14.0. The number of aryl methyl sites for hydroxylation is 1. The van der Waals surface area contributed by atoms with Gasteiger partial charge in [-0.15, -0.1) is 24.0 Å². The van der Waals surface area contributed by atoms with E-state index in [4.69, 9.17) is 0 Å². The van der Waals surface area contributed by atoms with Crippen molar-refractivity contribution in [3.05, 3.63) is 47.8 Å². The number of benzene rings is 1. The Hall–Kier alpha value is -1.97. The number of hydrogen-bond donors (Lipinski definition) is 2. The average molecular weight is 526 g/mol. The molecule has 3 aliphatic rings. The molecule has 0 aromatic heterocycles. The van der Waals surface area contributed by atoms with Crippen molar-refractivity contribution in [2.24, 2.45) is 28.7 Å². The van der Waals surface area contributed by atoms with Gasteiger partial charge in [-0.1, -0.05) is 24.3 Å². The Balaban J connectivity index is 0.00000256. The Morgan fingerprint density at radius 3 is 2.43 bits per heavy atom. The molecular weight excluding hydrogens is 498 g/mol. The summed E-state index contributed by atoms with van der Waals surface area (Å²) in [4.78, 5) is 30.9. The molecule has 162 valence electrons. The minimum atomic E-state index is -0.216. The Bertz CT molecular complexity index is 829. The van der Waals surface area contributed by atoms with Crippen LogP contribution in [0.25, 0.3) is 0 Å². The van der Waals surface area contributed by atoms with Gasteiger partial charge in [0.1, 0.15) is 5.82 Å². The first-order chi connectivity index (χ1) is 14.1. The molecular formula is C22H28FIN4O2. The number of carbonyl (C=O) groups excluding carboxylic acids is 2. The lowest BCUT2D eigenvalue weighted by molar-refractivity contribution is -0.140. The summed E-state index contributed by atoms with van der Waals surface area (Å²) in [6, 6.07) is 6.62. The number of aliphatic imine (C=N–C) groups is 1. The van der Waals surface area contributed by atoms with Crippen LogP contribution in [0, 0.1) is 29.5 Å². The molecule has 1 aliphatic heterocycles. The van der Waals surface area contributed by atoms with E-state index in [-0.39, 0.29) is 65.3 Å². The van der Waals surface area contributed by atoms with E-state index < -0.39 is 0 Å². The number of rotatable bonds is 7. The van der Waals surface area contributed by atoms with Gasteiger partial charge in [0.15, 0.2) is 5.96 Å². The van der Waals surface area contributed by atoms with Crippen LogP contribution in [0.2, 0.25) is 0 Å². The van der Waals surface area contributed by atoms with Gasteiger partial charge in [-0.25, -0.2) is 4.39 Å². The van der Waals surface area contributed by atoms with Crippen LogP contribution in [0.4, 0.5) is 4.39 Å². The maximum Gasteiger partial charge on any atom is 0.233 e. The molecule has 8 heteroatoms. The molecule has 6 nitrogen and oxygen atoms in total. The number of allylic oxidation sites excluding steroid dienone is 2. The molecule has 2 bridgehead atoms. The summed E-state index contributed by atoms with van der Waals surface area (Å²) >= 11 is 0. The Morgan fingerprint density at radius 1 is 1.13 bits per heavy atom. The van der Waals surface area contributed by atoms with Crippen molar-refractivity contribution in [3.8, 4) is 0 Å². The molecule has 4 unspecified atom stereocenters. The van der Waals surface area contributed by atoms with Crippen molar-refractivity contribution in [2.75, 3.05) is 26.7 Å². The third-order valence-electron chi connectivity index (χ3n) is 6.24. The van der Waals surface area contributed by atoms with E-state index in [2.05, 4.69) is 27.8 Å². The van der Waals surface area contributed by atoms with Gasteiger partial charge >= 0.3 is 0 Å². The summed E-state index contributed by atoms with van der Waals surface area (Å²) in [5.41, 5.74) is 0.967. The molecule has 2 aliphatic carbocycles. The van der Waals surface area contributed by atoms with Crippen molar-refractivity contribution in [1.82, 2.24) is 15.5 Å². The average Bonchev–Trinajstić information content (AvgIpc) is 3.39. The number of nitrogens with zero attached hydrogens (tertiary/aromatic N) is 2. The maximum absolute atomic E-state index is 13.2. The van der Waals surface area contributed by atoms with Crippen LogP contribution in [0.15, 0.2) is 41.4 Å². The fraction of sp³-hybridized carbons (Fsp3) is 0.500. The molecule has 2 amide bonds. The predicted octanol–water partition coefficient (Wildman–Crippen LogP) is 2.35. The molecule has 0 radical (unpaired) electrons. The molecule has 2 N–H and O–H groups in total. The maximum atomic E-state index is 13.2. The minimum Gasteiger partial charge on any atom is -0.356 e. The second-order valence-corrected chi connectivity index (χ2v) is 7.99. The fourth-order valence-electron chi connectivity index (χ4n) is 4.88. The number of imide groups is 1. The van der Waals surface area contributed by atoms with Crippen molar-refractivity contribution in [1.29, 1.82) is 0 Å². The number of fused-ring (bicyclic) bond motifs is 5. The van der Waals surface area contributed by atoms with Crippen molar-refractivity contribution >= 4 is 41.8 Å². The van der Waals surface area contributed by atoms with Crippen LogP contribution in [-0.4, -0.2) is 49.4 Å². The molecule has 4 rings (SSSR count). The second-order valence-electron chi connectivity index (χ2n) is 7.99. The van der Waals surface area contributed by atoms with Crippen molar-refractivity contribution < 1.29 is 14.0 Å². The lowest BCUT2D eigenvalue weighted by Gasteiger charge is -2.18. The van der Waals surface area contributed by atoms with E-state index in [1.807, 2.05) is 6.07 Å². The van der Waals surface area contributed by atoms with Crippen LogP contribution >= 0.6 is 24.0 Å². The van der Waals surface area contributed by atoms with E-state index in [9.17, 15) is 14.0 Å². The summed E-state index contributed by atoms with van der Waals surface area (Å²) < 4.78 is 13.2. The molecule has 2 fully saturated rings. The third-order valence-corrected chi connectivity index (χ3v) is 6.24. The van der Waals surface area contributed by atoms with Crippen LogP contribution in [0.3, 0.4) is 0 Å². The van der Waals surface area contributed by atoms with Crippen LogP contribution in [0.5, 0.6) is 0 Å². The molecule has 1 aromatic rings. The van der Waals surface area contributed by atoms with Gasteiger partial charge in [0, 0.05) is 26.7 Å². The fourth-order valence-corrected chi connectivity index (χ4v) is 4.88. The Morgan fingerprint density at radius 2 is 1.80 bits per heavy atom. The summed E-state index contributed by atoms with van der Waals surface area (Å²) in [7, 11) is 1.68. The SMILES string of the molecule is CN=C(NCCCc1cccc(F)c1)NCCN1C(=O)C2C3C=CC(C3)C2C1=O.I. The highest BCUT2D eigenvalue weighted by atomic mass is 127. The third kappa shape index (κ3) is 4.53. The molecule has 4 atom stereocenters. The number of carbonyl (C=O) groups is 2. The molecule has 1 saturated carbocycles. The van der Waals surface area contributed by atoms with Gasteiger partial charge in [0.2, 0.25) is 11.8 Å². The van der Waals surface area contributed by atoms with Gasteiger partial charge in [0.25, 0.3) is 0 Å². The standard InChI is InChI=1S/C22H27FN4O2.HI/c1-24-22(25-9-3-5-14-4-2-6-17(23)12-14)26-10-11-27-20(28)18-15-7-8-16(13-15)19(18)21(27)29;/h2,4,6-8,12,15-16,18-19H,3,5,9-11,13H2,1H3,(H2,24,25,26);1H. The van der Waals surface area contributed by atoms with E-state index in [1.165, 1.54) is 11.0 Å². The number of likely N-dealkylation sites (tertiary alicyclic amines) is 1. The van der Waals surface area contributed by atoms with E-state index in [0.29, 0.717) is 25.6 Å². The first-order valence-corrected chi connectivity index (χ1v) is 10.3. The number of halogens is 2. The number of amides is 2. The lowest BCUT2D eigenvalue weighted by atomic mass is 9.85. The molecule has 1 saturated heterocycles. The highest BCUT2D eigenvalue weighted by Crippen LogP contribution is 2.52. The molecule has 0 spiro atoms. The van der Waals surface area contributed by atoms with Crippen LogP contribution in [-0.2, 0) is 16.0 Å². The van der Waals surface area contributed by atoms with Crippen molar-refractivity contribution in [2.45, 2.75) is 19.3 Å². The molecule has 30 heavy (non-hydrogen) atoms. The zero-order valence-electron chi connectivity index (χ0n) is 17.0. The highest BCUT2D eigenvalue weighted by Gasteiger charge is 2.58. The van der Waals surface area contributed by atoms with Gasteiger partial charge < -0.3 is 10.6 Å². The zero-order valence-corrected chi connectivity index (χ0v) is 19.3. The molecule has 1 heterocycles. The van der Waals surface area contributed by atoms with Gasteiger partial charge in [-0.2, -0.15) is 0 Å². The smallest absolute Gasteiger partial charge is 0.233 e. The zero-order chi connectivity index (χ0) is 20.4. The van der Waals surface area contributed by atoms with Gasteiger partial charge in [0.05, 0.1) is 11.8 Å². The van der Waals surface area contributed by atoms with Crippen LogP contribution < -0.4 is 10.6 Å². The minimum absolute atomic E-state index is 0. The van der Waals surface area contributed by atoms with E-state index >= 15 is 0 Å². The Kier molecular flexibility index (Phi) is 7.49. The number of hydrogen-bond acceptors (Lipinski definition) is 3. The summed E-state index contributed by atoms with van der Waals surface area (Å²) in [5, 5.41) is 6.38. The number of guanidine groups is 1. The monoisotopic (exact) mass is 526 g/mol. The molecule has 1 aromatic carbocycles. The van der Waals surface area contributed by atoms with Gasteiger partial charge in [-0.3, -0.25) is 19.5 Å². The second kappa shape index (κ2) is 9.89. The quantitative estimate of drug-likeness (QED) is 0.143. The van der Waals surface area contributed by atoms with E-state index in [0.717, 1.165) is 24.8 Å². The first kappa shape index (κ1) is 22.7. The van der Waals surface area contributed by atoms with E-state index in [1.54, 1.807) is 19.2 Å². The number of nitrogens with one attached hydrogen (secondary N) is 2. The normalized spacial score (nSPS) is 26.7. The Labute approximate surface area is 193 Å².